The Kier molecular flexibility index (Phi) is 4.00. The van der Waals surface area contributed by atoms with Crippen molar-refractivity contribution < 1.29 is 0 Å². The van der Waals surface area contributed by atoms with Crippen molar-refractivity contribution >= 4 is 10.9 Å². The van der Waals surface area contributed by atoms with Gasteiger partial charge in [0, 0.05) is 34.9 Å². The van der Waals surface area contributed by atoms with E-state index in [0.29, 0.717) is 6.54 Å². The quantitative estimate of drug-likeness (QED) is 0.592. The molecule has 0 aliphatic rings. The van der Waals surface area contributed by atoms with Gasteiger partial charge < -0.3 is 5.73 Å². The topological polar surface area (TPSA) is 51.8 Å². The maximum absolute atomic E-state index is 5.73. The molecule has 2 aromatic carbocycles. The number of nitrogens with zero attached hydrogens (tertiary/aromatic N) is 2. The van der Waals surface area contributed by atoms with Crippen LogP contribution in [0.2, 0.25) is 0 Å². The Balaban J connectivity index is 2.00. The number of nitrogens with two attached hydrogens (primary N) is 1. The molecule has 0 fully saturated rings. The lowest BCUT2D eigenvalue weighted by molar-refractivity contribution is 1.07. The summed E-state index contributed by atoms with van der Waals surface area (Å²) in [6.07, 6.45) is 1.81. The summed E-state index contributed by atoms with van der Waals surface area (Å²) < 4.78 is 0. The molecule has 0 unspecified atom stereocenters. The highest BCUT2D eigenvalue weighted by Gasteiger charge is 2.12. The lowest BCUT2D eigenvalue weighted by Crippen LogP contribution is -1.97. The summed E-state index contributed by atoms with van der Waals surface area (Å²) in [4.78, 5) is 9.38. The Hall–Kier alpha value is -3.04. The highest BCUT2D eigenvalue weighted by molar-refractivity contribution is 5.92. The van der Waals surface area contributed by atoms with Gasteiger partial charge in [-0.25, -0.2) is 4.98 Å². The molecule has 0 radical (unpaired) electrons. The first-order chi connectivity index (χ1) is 12.3. The molecule has 0 amide bonds. The Labute approximate surface area is 147 Å². The molecular formula is C22H19N3. The van der Waals surface area contributed by atoms with E-state index in [9.17, 15) is 0 Å². The zero-order valence-corrected chi connectivity index (χ0v) is 14.1. The fourth-order valence-electron chi connectivity index (χ4n) is 3.09. The van der Waals surface area contributed by atoms with E-state index in [0.717, 1.165) is 44.5 Å². The molecule has 0 spiro atoms. The number of hydrogen-bond acceptors (Lipinski definition) is 3. The van der Waals surface area contributed by atoms with Crippen LogP contribution in [0.4, 0.5) is 0 Å². The molecule has 122 valence electrons. The number of pyridine rings is 2. The van der Waals surface area contributed by atoms with Gasteiger partial charge in [-0.05, 0) is 30.2 Å². The lowest BCUT2D eigenvalue weighted by Gasteiger charge is -2.13. The average Bonchev–Trinajstić information content (AvgIpc) is 2.68. The zero-order chi connectivity index (χ0) is 17.2. The normalized spacial score (nSPS) is 11.0. The SMILES string of the molecule is Cc1nccc2nc(-c3ccc(CN)cc3)c(-c3ccccc3)cc12. The standard InChI is InChI=1S/C22H19N3/c1-15-19-13-20(17-5-3-2-4-6-17)22(25-21(19)11-12-24-15)18-9-7-16(14-23)8-10-18/h2-13H,14,23H2,1H3. The minimum absolute atomic E-state index is 0.543. The maximum atomic E-state index is 5.73. The molecule has 3 nitrogen and oxygen atoms in total. The smallest absolute Gasteiger partial charge is 0.0788 e. The second-order valence-corrected chi connectivity index (χ2v) is 6.11. The third-order valence-electron chi connectivity index (χ3n) is 4.49. The van der Waals surface area contributed by atoms with E-state index in [4.69, 9.17) is 10.7 Å². The number of fused-ring (bicyclic) bond motifs is 1. The summed E-state index contributed by atoms with van der Waals surface area (Å²) in [7, 11) is 0. The molecule has 0 aliphatic heterocycles. The van der Waals surface area contributed by atoms with Gasteiger partial charge in [0.1, 0.15) is 0 Å². The summed E-state index contributed by atoms with van der Waals surface area (Å²) in [5.41, 5.74) is 13.1. The monoisotopic (exact) mass is 325 g/mol. The van der Waals surface area contributed by atoms with Gasteiger partial charge >= 0.3 is 0 Å². The van der Waals surface area contributed by atoms with Crippen LogP contribution < -0.4 is 5.73 Å². The van der Waals surface area contributed by atoms with Crippen LogP contribution in [0.1, 0.15) is 11.3 Å². The Morgan fingerprint density at radius 2 is 1.64 bits per heavy atom. The summed E-state index contributed by atoms with van der Waals surface area (Å²) in [6.45, 7) is 2.57. The van der Waals surface area contributed by atoms with Crippen molar-refractivity contribution in [3.63, 3.8) is 0 Å². The van der Waals surface area contributed by atoms with Crippen molar-refractivity contribution in [2.45, 2.75) is 13.5 Å². The number of aromatic nitrogens is 2. The summed E-state index contributed by atoms with van der Waals surface area (Å²) in [5, 5.41) is 1.09. The molecule has 0 atom stereocenters. The third-order valence-corrected chi connectivity index (χ3v) is 4.49. The highest BCUT2D eigenvalue weighted by Crippen LogP contribution is 2.33. The molecule has 2 N–H and O–H groups in total. The predicted octanol–water partition coefficient (Wildman–Crippen LogP) is 4.73. The molecule has 0 aliphatic carbocycles. The summed E-state index contributed by atoms with van der Waals surface area (Å²) >= 11 is 0. The number of hydrogen-bond donors (Lipinski definition) is 1. The van der Waals surface area contributed by atoms with Crippen molar-refractivity contribution in [3.05, 3.63) is 84.2 Å². The average molecular weight is 325 g/mol. The van der Waals surface area contributed by atoms with Crippen molar-refractivity contribution in [1.82, 2.24) is 9.97 Å². The van der Waals surface area contributed by atoms with Gasteiger partial charge in [0.25, 0.3) is 0 Å². The lowest BCUT2D eigenvalue weighted by atomic mass is 9.96. The maximum Gasteiger partial charge on any atom is 0.0788 e. The molecular weight excluding hydrogens is 306 g/mol. The van der Waals surface area contributed by atoms with Crippen LogP contribution in [-0.2, 0) is 6.54 Å². The number of benzene rings is 2. The fraction of sp³-hybridized carbons (Fsp3) is 0.0909. The highest BCUT2D eigenvalue weighted by atomic mass is 14.7. The van der Waals surface area contributed by atoms with E-state index in [1.807, 2.05) is 25.3 Å². The van der Waals surface area contributed by atoms with Crippen LogP contribution in [0.15, 0.2) is 72.9 Å². The summed E-state index contributed by atoms with van der Waals surface area (Å²) in [6, 6.07) is 22.9. The first-order valence-electron chi connectivity index (χ1n) is 8.37. The second kappa shape index (κ2) is 6.46. The van der Waals surface area contributed by atoms with Crippen LogP contribution in [-0.4, -0.2) is 9.97 Å². The molecule has 0 bridgehead atoms. The Morgan fingerprint density at radius 1 is 0.880 bits per heavy atom. The van der Waals surface area contributed by atoms with Crippen LogP contribution >= 0.6 is 0 Å². The number of aryl methyl sites for hydroxylation is 1. The molecule has 0 saturated heterocycles. The van der Waals surface area contributed by atoms with E-state index < -0.39 is 0 Å². The third kappa shape index (κ3) is 2.90. The minimum Gasteiger partial charge on any atom is -0.326 e. The van der Waals surface area contributed by atoms with Crippen molar-refractivity contribution in [1.29, 1.82) is 0 Å². The van der Waals surface area contributed by atoms with Gasteiger partial charge in [-0.3, -0.25) is 4.98 Å². The molecule has 0 saturated carbocycles. The van der Waals surface area contributed by atoms with E-state index >= 15 is 0 Å². The van der Waals surface area contributed by atoms with Crippen LogP contribution in [0.3, 0.4) is 0 Å². The molecule has 25 heavy (non-hydrogen) atoms. The van der Waals surface area contributed by atoms with E-state index in [1.54, 1.807) is 0 Å². The minimum atomic E-state index is 0.543. The first-order valence-corrected chi connectivity index (χ1v) is 8.37. The molecule has 3 heteroatoms. The Bertz CT molecular complexity index is 1020. The fourth-order valence-corrected chi connectivity index (χ4v) is 3.09. The molecule has 4 aromatic rings. The summed E-state index contributed by atoms with van der Waals surface area (Å²) in [5.74, 6) is 0. The van der Waals surface area contributed by atoms with E-state index in [2.05, 4.69) is 59.6 Å². The van der Waals surface area contributed by atoms with Crippen molar-refractivity contribution in [2.75, 3.05) is 0 Å². The van der Waals surface area contributed by atoms with Gasteiger partial charge in [0.05, 0.1) is 11.2 Å². The zero-order valence-electron chi connectivity index (χ0n) is 14.1. The van der Waals surface area contributed by atoms with E-state index in [1.165, 1.54) is 0 Å². The van der Waals surface area contributed by atoms with E-state index in [-0.39, 0.29) is 0 Å². The van der Waals surface area contributed by atoms with Crippen LogP contribution in [0, 0.1) is 6.92 Å². The Morgan fingerprint density at radius 3 is 2.36 bits per heavy atom. The number of rotatable bonds is 3. The molecule has 2 aromatic heterocycles. The van der Waals surface area contributed by atoms with Crippen LogP contribution in [0.5, 0.6) is 0 Å². The van der Waals surface area contributed by atoms with Gasteiger partial charge in [-0.15, -0.1) is 0 Å². The van der Waals surface area contributed by atoms with Crippen LogP contribution in [0.25, 0.3) is 33.3 Å². The van der Waals surface area contributed by atoms with Gasteiger partial charge in [0.15, 0.2) is 0 Å². The van der Waals surface area contributed by atoms with Gasteiger partial charge in [0.2, 0.25) is 0 Å². The van der Waals surface area contributed by atoms with Gasteiger partial charge in [-0.1, -0.05) is 54.6 Å². The van der Waals surface area contributed by atoms with Gasteiger partial charge in [-0.2, -0.15) is 0 Å². The van der Waals surface area contributed by atoms with Crippen molar-refractivity contribution in [3.8, 4) is 22.4 Å². The largest absolute Gasteiger partial charge is 0.326 e. The molecule has 2 heterocycles. The molecule has 4 rings (SSSR count). The predicted molar refractivity (Wildman–Crippen MR) is 103 cm³/mol. The first kappa shape index (κ1) is 15.5. The second-order valence-electron chi connectivity index (χ2n) is 6.11. The van der Waals surface area contributed by atoms with Crippen molar-refractivity contribution in [2.24, 2.45) is 5.73 Å².